The number of rotatable bonds is 4. The Balaban J connectivity index is 2.02. The summed E-state index contributed by atoms with van der Waals surface area (Å²) in [7, 11) is 0. The van der Waals surface area contributed by atoms with E-state index in [4.69, 9.17) is 5.11 Å². The molecule has 1 aromatic rings. The van der Waals surface area contributed by atoms with Crippen molar-refractivity contribution >= 4 is 17.7 Å². The van der Waals surface area contributed by atoms with Gasteiger partial charge in [-0.05, 0) is 26.7 Å². The summed E-state index contributed by atoms with van der Waals surface area (Å²) in [5.41, 5.74) is 0. The Morgan fingerprint density at radius 2 is 2.11 bits per heavy atom. The predicted octanol–water partition coefficient (Wildman–Crippen LogP) is 1.90. The summed E-state index contributed by atoms with van der Waals surface area (Å²) in [6.45, 7) is 3.99. The Bertz CT molecular complexity index is 481. The molecule has 0 saturated heterocycles. The van der Waals surface area contributed by atoms with Crippen LogP contribution in [0.5, 0.6) is 0 Å². The Hall–Kier alpha value is -1.85. The monoisotopic (exact) mass is 265 g/mol. The van der Waals surface area contributed by atoms with Gasteiger partial charge in [-0.15, -0.1) is 0 Å². The molecule has 0 aromatic carbocycles. The van der Waals surface area contributed by atoms with Gasteiger partial charge >= 0.3 is 5.97 Å². The summed E-state index contributed by atoms with van der Waals surface area (Å²) < 4.78 is 1.75. The Kier molecular flexibility index (Phi) is 3.87. The smallest absolute Gasteiger partial charge is 0.307 e. The van der Waals surface area contributed by atoms with Gasteiger partial charge in [-0.25, -0.2) is 0 Å². The number of hydrogen-bond acceptors (Lipinski definition) is 3. The third-order valence-corrected chi connectivity index (χ3v) is 3.56. The van der Waals surface area contributed by atoms with E-state index in [-0.39, 0.29) is 11.9 Å². The molecule has 0 radical (unpaired) electrons. The van der Waals surface area contributed by atoms with E-state index in [1.54, 1.807) is 16.9 Å². The quantitative estimate of drug-likeness (QED) is 0.870. The summed E-state index contributed by atoms with van der Waals surface area (Å²) in [6, 6.07) is 1.95. The molecular weight excluding hydrogens is 246 g/mol. The zero-order chi connectivity index (χ0) is 14.0. The molecule has 1 saturated carbocycles. The molecule has 0 spiro atoms. The van der Waals surface area contributed by atoms with E-state index in [1.165, 1.54) is 0 Å². The van der Waals surface area contributed by atoms with Crippen molar-refractivity contribution in [1.82, 2.24) is 9.78 Å². The summed E-state index contributed by atoms with van der Waals surface area (Å²) in [4.78, 5) is 23.1. The van der Waals surface area contributed by atoms with Gasteiger partial charge in [0.05, 0.1) is 11.8 Å². The molecule has 2 N–H and O–H groups in total. The van der Waals surface area contributed by atoms with E-state index in [0.29, 0.717) is 18.7 Å². The summed E-state index contributed by atoms with van der Waals surface area (Å²) in [5.74, 6) is -1.65. The van der Waals surface area contributed by atoms with Crippen molar-refractivity contribution in [3.8, 4) is 0 Å². The van der Waals surface area contributed by atoms with E-state index in [9.17, 15) is 9.59 Å². The number of carboxylic acids is 1. The van der Waals surface area contributed by atoms with Crippen molar-refractivity contribution in [2.75, 3.05) is 5.32 Å². The fourth-order valence-corrected chi connectivity index (χ4v) is 2.48. The van der Waals surface area contributed by atoms with Crippen LogP contribution in [0.3, 0.4) is 0 Å². The molecule has 6 heteroatoms. The van der Waals surface area contributed by atoms with E-state index >= 15 is 0 Å². The van der Waals surface area contributed by atoms with Gasteiger partial charge in [-0.2, -0.15) is 5.10 Å². The van der Waals surface area contributed by atoms with Gasteiger partial charge in [0.2, 0.25) is 5.91 Å². The SMILES string of the molecule is CC(C)n1ccc(NC(=O)[C@@H]2CCC[C@@H]2C(=O)O)n1. The van der Waals surface area contributed by atoms with E-state index < -0.39 is 17.8 Å². The van der Waals surface area contributed by atoms with Crippen LogP contribution in [0, 0.1) is 11.8 Å². The number of carboxylic acid groups (broad SMARTS) is 1. The normalized spacial score (nSPS) is 22.7. The molecule has 0 unspecified atom stereocenters. The Morgan fingerprint density at radius 3 is 2.68 bits per heavy atom. The van der Waals surface area contributed by atoms with Gasteiger partial charge in [0.1, 0.15) is 0 Å². The molecule has 0 aliphatic heterocycles. The highest BCUT2D eigenvalue weighted by molar-refractivity contribution is 5.94. The summed E-state index contributed by atoms with van der Waals surface area (Å²) in [5, 5.41) is 16.0. The van der Waals surface area contributed by atoms with Gasteiger partial charge in [-0.3, -0.25) is 14.3 Å². The second-order valence-electron chi connectivity index (χ2n) is 5.25. The first-order valence-corrected chi connectivity index (χ1v) is 6.58. The van der Waals surface area contributed by atoms with Gasteiger partial charge in [-0.1, -0.05) is 6.42 Å². The van der Waals surface area contributed by atoms with Crippen LogP contribution >= 0.6 is 0 Å². The lowest BCUT2D eigenvalue weighted by Crippen LogP contribution is -2.30. The average molecular weight is 265 g/mol. The van der Waals surface area contributed by atoms with Crippen molar-refractivity contribution in [3.63, 3.8) is 0 Å². The first-order valence-electron chi connectivity index (χ1n) is 6.58. The van der Waals surface area contributed by atoms with Crippen LogP contribution in [-0.4, -0.2) is 26.8 Å². The van der Waals surface area contributed by atoms with Gasteiger partial charge in [0.15, 0.2) is 5.82 Å². The first kappa shape index (κ1) is 13.6. The third kappa shape index (κ3) is 2.94. The fraction of sp³-hybridized carbons (Fsp3) is 0.615. The zero-order valence-corrected chi connectivity index (χ0v) is 11.2. The highest BCUT2D eigenvalue weighted by Crippen LogP contribution is 2.32. The maximum absolute atomic E-state index is 12.1. The minimum Gasteiger partial charge on any atom is -0.481 e. The number of hydrogen-bond donors (Lipinski definition) is 2. The van der Waals surface area contributed by atoms with Gasteiger partial charge < -0.3 is 10.4 Å². The van der Waals surface area contributed by atoms with Crippen molar-refractivity contribution < 1.29 is 14.7 Å². The Morgan fingerprint density at radius 1 is 1.42 bits per heavy atom. The minimum atomic E-state index is -0.884. The summed E-state index contributed by atoms with van der Waals surface area (Å²) in [6.07, 6.45) is 3.79. The Labute approximate surface area is 111 Å². The predicted molar refractivity (Wildman–Crippen MR) is 69.7 cm³/mol. The van der Waals surface area contributed by atoms with E-state index in [0.717, 1.165) is 6.42 Å². The lowest BCUT2D eigenvalue weighted by Gasteiger charge is -2.14. The number of carbonyl (C=O) groups is 2. The van der Waals surface area contributed by atoms with Crippen molar-refractivity contribution in [2.24, 2.45) is 11.8 Å². The van der Waals surface area contributed by atoms with Crippen LogP contribution in [0.2, 0.25) is 0 Å². The first-order chi connectivity index (χ1) is 8.99. The van der Waals surface area contributed by atoms with Crippen LogP contribution in [-0.2, 0) is 9.59 Å². The number of nitrogens with one attached hydrogen (secondary N) is 1. The van der Waals surface area contributed by atoms with E-state index in [1.807, 2.05) is 13.8 Å². The van der Waals surface area contributed by atoms with Crippen molar-refractivity contribution in [2.45, 2.75) is 39.2 Å². The molecule has 1 aromatic heterocycles. The van der Waals surface area contributed by atoms with Crippen LogP contribution < -0.4 is 5.32 Å². The molecule has 1 aliphatic carbocycles. The molecule has 2 rings (SSSR count). The number of amides is 1. The van der Waals surface area contributed by atoms with Crippen LogP contribution in [0.25, 0.3) is 0 Å². The lowest BCUT2D eigenvalue weighted by atomic mass is 9.95. The highest BCUT2D eigenvalue weighted by Gasteiger charge is 2.37. The molecule has 1 heterocycles. The molecule has 1 fully saturated rings. The lowest BCUT2D eigenvalue weighted by molar-refractivity contribution is -0.145. The second kappa shape index (κ2) is 5.42. The molecule has 0 bridgehead atoms. The zero-order valence-electron chi connectivity index (χ0n) is 11.2. The minimum absolute atomic E-state index is 0.226. The van der Waals surface area contributed by atoms with Crippen molar-refractivity contribution in [3.05, 3.63) is 12.3 Å². The van der Waals surface area contributed by atoms with Crippen molar-refractivity contribution in [1.29, 1.82) is 0 Å². The molecule has 19 heavy (non-hydrogen) atoms. The van der Waals surface area contributed by atoms with Crippen LogP contribution in [0.1, 0.15) is 39.2 Å². The highest BCUT2D eigenvalue weighted by atomic mass is 16.4. The number of aromatic nitrogens is 2. The van der Waals surface area contributed by atoms with Crippen LogP contribution in [0.15, 0.2) is 12.3 Å². The molecule has 1 aliphatic rings. The van der Waals surface area contributed by atoms with E-state index in [2.05, 4.69) is 10.4 Å². The number of carbonyl (C=O) groups excluding carboxylic acids is 1. The number of aliphatic carboxylic acids is 1. The maximum Gasteiger partial charge on any atom is 0.307 e. The molecule has 6 nitrogen and oxygen atoms in total. The van der Waals surface area contributed by atoms with Gasteiger partial charge in [0.25, 0.3) is 0 Å². The largest absolute Gasteiger partial charge is 0.481 e. The van der Waals surface area contributed by atoms with Gasteiger partial charge in [0, 0.05) is 18.3 Å². The molecular formula is C13H19N3O3. The van der Waals surface area contributed by atoms with Crippen LogP contribution in [0.4, 0.5) is 5.82 Å². The summed E-state index contributed by atoms with van der Waals surface area (Å²) >= 11 is 0. The number of nitrogens with zero attached hydrogens (tertiary/aromatic N) is 2. The topological polar surface area (TPSA) is 84.2 Å². The molecule has 2 atom stereocenters. The second-order valence-corrected chi connectivity index (χ2v) is 5.25. The third-order valence-electron chi connectivity index (χ3n) is 3.56. The number of anilines is 1. The average Bonchev–Trinajstić information content (AvgIpc) is 2.96. The maximum atomic E-state index is 12.1. The standard InChI is InChI=1S/C13H19N3O3/c1-8(2)16-7-6-11(15-16)14-12(17)9-4-3-5-10(9)13(18)19/h6-10H,3-5H2,1-2H3,(H,18,19)(H,14,15,17)/t9-,10+/m1/s1. The fourth-order valence-electron chi connectivity index (χ4n) is 2.48. The molecule has 104 valence electrons. The molecule has 1 amide bonds.